The monoisotopic (exact) mass is 205 g/mol. The van der Waals surface area contributed by atoms with E-state index in [0.717, 1.165) is 5.52 Å². The fourth-order valence-electron chi connectivity index (χ4n) is 1.35. The first-order valence-electron chi connectivity index (χ1n) is 4.39. The minimum absolute atomic E-state index is 0.384. The zero-order valence-electron chi connectivity index (χ0n) is 8.52. The van der Waals surface area contributed by atoms with Gasteiger partial charge in [0.15, 0.2) is 11.5 Å². The molecule has 1 aromatic heterocycles. The maximum Gasteiger partial charge on any atom is 0.163 e. The summed E-state index contributed by atoms with van der Waals surface area (Å²) in [6.45, 7) is 0. The van der Waals surface area contributed by atoms with Crippen LogP contribution in [0.4, 0.5) is 5.82 Å². The van der Waals surface area contributed by atoms with E-state index in [0.29, 0.717) is 22.8 Å². The number of methoxy groups -OCH3 is 2. The summed E-state index contributed by atoms with van der Waals surface area (Å²) in [7, 11) is 3.15. The summed E-state index contributed by atoms with van der Waals surface area (Å²) in [5.74, 6) is 1.63. The number of nitrogen functional groups attached to an aromatic ring is 1. The number of aromatic nitrogens is 2. The van der Waals surface area contributed by atoms with E-state index in [4.69, 9.17) is 15.2 Å². The molecule has 0 atom stereocenters. The largest absolute Gasteiger partial charge is 0.493 e. The third-order valence-corrected chi connectivity index (χ3v) is 2.07. The number of benzene rings is 1. The molecule has 0 saturated carbocycles. The van der Waals surface area contributed by atoms with Gasteiger partial charge in [-0.15, -0.1) is 0 Å². The molecule has 2 aromatic rings. The van der Waals surface area contributed by atoms with Crippen LogP contribution in [0.2, 0.25) is 0 Å². The maximum atomic E-state index is 5.54. The Morgan fingerprint density at radius 1 is 1.07 bits per heavy atom. The molecule has 5 heteroatoms. The van der Waals surface area contributed by atoms with Crippen LogP contribution >= 0.6 is 0 Å². The lowest BCUT2D eigenvalue weighted by atomic mass is 10.2. The van der Waals surface area contributed by atoms with Crippen molar-refractivity contribution in [2.45, 2.75) is 0 Å². The Morgan fingerprint density at radius 3 is 2.27 bits per heavy atom. The van der Waals surface area contributed by atoms with Gasteiger partial charge in [0.1, 0.15) is 5.82 Å². The molecule has 0 aliphatic rings. The Balaban J connectivity index is 2.69. The van der Waals surface area contributed by atoms with Crippen molar-refractivity contribution < 1.29 is 9.47 Å². The first kappa shape index (κ1) is 9.51. The Morgan fingerprint density at radius 2 is 1.67 bits per heavy atom. The molecule has 1 aromatic carbocycles. The van der Waals surface area contributed by atoms with Crippen molar-refractivity contribution in [3.8, 4) is 11.5 Å². The van der Waals surface area contributed by atoms with Crippen LogP contribution in [0.25, 0.3) is 11.0 Å². The fourth-order valence-corrected chi connectivity index (χ4v) is 1.35. The van der Waals surface area contributed by atoms with E-state index in [2.05, 4.69) is 9.97 Å². The van der Waals surface area contributed by atoms with Gasteiger partial charge in [-0.3, -0.25) is 4.98 Å². The van der Waals surface area contributed by atoms with E-state index in [9.17, 15) is 0 Å². The van der Waals surface area contributed by atoms with Crippen molar-refractivity contribution in [1.29, 1.82) is 0 Å². The number of hydrogen-bond donors (Lipinski definition) is 1. The summed E-state index contributed by atoms with van der Waals surface area (Å²) in [4.78, 5) is 8.28. The third-order valence-electron chi connectivity index (χ3n) is 2.07. The summed E-state index contributed by atoms with van der Waals surface area (Å²) in [5.41, 5.74) is 6.95. The van der Waals surface area contributed by atoms with E-state index in [1.165, 1.54) is 6.20 Å². The molecule has 0 aliphatic carbocycles. The average Bonchev–Trinajstić information content (AvgIpc) is 2.27. The van der Waals surface area contributed by atoms with Gasteiger partial charge in [-0.1, -0.05) is 0 Å². The number of hydrogen-bond acceptors (Lipinski definition) is 5. The number of rotatable bonds is 2. The molecule has 2 N–H and O–H groups in total. The van der Waals surface area contributed by atoms with Gasteiger partial charge < -0.3 is 15.2 Å². The number of fused-ring (bicyclic) bond motifs is 1. The second-order valence-electron chi connectivity index (χ2n) is 2.99. The molecule has 0 fully saturated rings. The van der Waals surface area contributed by atoms with E-state index in [1.54, 1.807) is 26.4 Å². The molecule has 0 saturated heterocycles. The topological polar surface area (TPSA) is 70.3 Å². The number of ether oxygens (including phenoxy) is 2. The van der Waals surface area contributed by atoms with Gasteiger partial charge >= 0.3 is 0 Å². The lowest BCUT2D eigenvalue weighted by Crippen LogP contribution is -1.95. The predicted octanol–water partition coefficient (Wildman–Crippen LogP) is 1.23. The highest BCUT2D eigenvalue weighted by Crippen LogP contribution is 2.30. The number of anilines is 1. The van der Waals surface area contributed by atoms with Crippen LogP contribution in [0.1, 0.15) is 0 Å². The summed E-state index contributed by atoms with van der Waals surface area (Å²) >= 11 is 0. The molecule has 15 heavy (non-hydrogen) atoms. The second kappa shape index (κ2) is 3.61. The lowest BCUT2D eigenvalue weighted by molar-refractivity contribution is 0.355. The van der Waals surface area contributed by atoms with E-state index < -0.39 is 0 Å². The van der Waals surface area contributed by atoms with Gasteiger partial charge in [-0.05, 0) is 0 Å². The molecule has 0 bridgehead atoms. The molecule has 0 radical (unpaired) electrons. The van der Waals surface area contributed by atoms with E-state index >= 15 is 0 Å². The molecule has 1 heterocycles. The van der Waals surface area contributed by atoms with Gasteiger partial charge in [0.25, 0.3) is 0 Å². The Hall–Kier alpha value is -2.04. The van der Waals surface area contributed by atoms with Crippen LogP contribution in [0, 0.1) is 0 Å². The zero-order chi connectivity index (χ0) is 10.8. The van der Waals surface area contributed by atoms with Crippen molar-refractivity contribution in [2.75, 3.05) is 20.0 Å². The van der Waals surface area contributed by atoms with Crippen LogP contribution in [0.3, 0.4) is 0 Å². The number of nitrogens with zero attached hydrogens (tertiary/aromatic N) is 2. The quantitative estimate of drug-likeness (QED) is 0.798. The molecule has 0 unspecified atom stereocenters. The van der Waals surface area contributed by atoms with Gasteiger partial charge in [-0.2, -0.15) is 0 Å². The highest BCUT2D eigenvalue weighted by atomic mass is 16.5. The van der Waals surface area contributed by atoms with Crippen LogP contribution in [-0.4, -0.2) is 24.2 Å². The van der Waals surface area contributed by atoms with E-state index in [-0.39, 0.29) is 0 Å². The second-order valence-corrected chi connectivity index (χ2v) is 2.99. The molecule has 78 valence electrons. The van der Waals surface area contributed by atoms with Gasteiger partial charge in [0, 0.05) is 12.1 Å². The summed E-state index contributed by atoms with van der Waals surface area (Å²) in [6.07, 6.45) is 1.51. The van der Waals surface area contributed by atoms with Crippen LogP contribution in [0.5, 0.6) is 11.5 Å². The van der Waals surface area contributed by atoms with Crippen molar-refractivity contribution >= 4 is 16.9 Å². The first-order chi connectivity index (χ1) is 7.24. The first-order valence-corrected chi connectivity index (χ1v) is 4.39. The highest BCUT2D eigenvalue weighted by Gasteiger charge is 2.07. The molecular weight excluding hydrogens is 194 g/mol. The molecule has 0 spiro atoms. The minimum Gasteiger partial charge on any atom is -0.493 e. The summed E-state index contributed by atoms with van der Waals surface area (Å²) in [6, 6.07) is 3.51. The molecule has 5 nitrogen and oxygen atoms in total. The minimum atomic E-state index is 0.384. The van der Waals surface area contributed by atoms with Gasteiger partial charge in [-0.25, -0.2) is 4.98 Å². The predicted molar refractivity (Wildman–Crippen MR) is 57.1 cm³/mol. The number of nitrogens with two attached hydrogens (primary N) is 1. The van der Waals surface area contributed by atoms with Gasteiger partial charge in [0.2, 0.25) is 0 Å². The zero-order valence-corrected chi connectivity index (χ0v) is 8.52. The van der Waals surface area contributed by atoms with Crippen molar-refractivity contribution in [3.63, 3.8) is 0 Å². The Kier molecular flexibility index (Phi) is 2.29. The SMILES string of the molecule is COc1cc2ncc(N)nc2cc1OC. The van der Waals surface area contributed by atoms with Crippen LogP contribution in [-0.2, 0) is 0 Å². The molecule has 0 amide bonds. The van der Waals surface area contributed by atoms with Crippen molar-refractivity contribution in [3.05, 3.63) is 18.3 Å². The highest BCUT2D eigenvalue weighted by molar-refractivity contribution is 5.79. The smallest absolute Gasteiger partial charge is 0.163 e. The van der Waals surface area contributed by atoms with Gasteiger partial charge in [0.05, 0.1) is 31.4 Å². The lowest BCUT2D eigenvalue weighted by Gasteiger charge is -2.08. The fraction of sp³-hybridized carbons (Fsp3) is 0.200. The van der Waals surface area contributed by atoms with E-state index in [1.807, 2.05) is 0 Å². The van der Waals surface area contributed by atoms with Crippen LogP contribution < -0.4 is 15.2 Å². The van der Waals surface area contributed by atoms with Crippen molar-refractivity contribution in [1.82, 2.24) is 9.97 Å². The Labute approximate surface area is 86.8 Å². The third kappa shape index (κ3) is 1.63. The molecule has 2 rings (SSSR count). The standard InChI is InChI=1S/C10H11N3O2/c1-14-8-3-6-7(4-9(8)15-2)13-10(11)5-12-6/h3-5H,1-2H3,(H2,11,13). The molecular formula is C10H11N3O2. The van der Waals surface area contributed by atoms with Crippen molar-refractivity contribution in [2.24, 2.45) is 0 Å². The molecule has 0 aliphatic heterocycles. The average molecular weight is 205 g/mol. The summed E-state index contributed by atoms with van der Waals surface area (Å²) < 4.78 is 10.3. The maximum absolute atomic E-state index is 5.54. The van der Waals surface area contributed by atoms with Crippen LogP contribution in [0.15, 0.2) is 18.3 Å². The summed E-state index contributed by atoms with van der Waals surface area (Å²) in [5, 5.41) is 0. The normalized spacial score (nSPS) is 10.3. The Bertz CT molecular complexity index is 499.